The first-order valence-corrected chi connectivity index (χ1v) is 7.00. The molecule has 2 rings (SSSR count). The molecule has 2 N–H and O–H groups in total. The van der Waals surface area contributed by atoms with Crippen molar-refractivity contribution in [3.63, 3.8) is 0 Å². The van der Waals surface area contributed by atoms with Crippen LogP contribution in [0.4, 0.5) is 5.82 Å². The maximum absolute atomic E-state index is 5.88. The molecule has 0 spiro atoms. The fourth-order valence-electron chi connectivity index (χ4n) is 3.06. The van der Waals surface area contributed by atoms with Gasteiger partial charge in [0, 0.05) is 31.4 Å². The Labute approximate surface area is 110 Å². The summed E-state index contributed by atoms with van der Waals surface area (Å²) in [4.78, 5) is 6.91. The Kier molecular flexibility index (Phi) is 4.23. The average Bonchev–Trinajstić information content (AvgIpc) is 2.37. The highest BCUT2D eigenvalue weighted by molar-refractivity contribution is 5.50. The largest absolute Gasteiger partial charge is 0.356 e. The van der Waals surface area contributed by atoms with Gasteiger partial charge in [0.05, 0.1) is 0 Å². The normalized spacial score (nSPS) is 24.0. The van der Waals surface area contributed by atoms with E-state index < -0.39 is 0 Å². The Hall–Kier alpha value is -1.09. The lowest BCUT2D eigenvalue weighted by molar-refractivity contribution is 0.335. The predicted octanol–water partition coefficient (Wildman–Crippen LogP) is 2.86. The number of aromatic nitrogens is 1. The Morgan fingerprint density at radius 2 is 2.22 bits per heavy atom. The second-order valence-corrected chi connectivity index (χ2v) is 5.67. The molecular formula is C15H25N3. The Morgan fingerprint density at radius 3 is 2.89 bits per heavy atom. The standard InChI is InChI=1S/C15H25N3/c1-11-5-4-6-13(9-11)18(3)15-14(10-16)12(2)7-8-17-15/h7-8,11,13H,4-6,9-10,16H2,1-3H3. The average molecular weight is 247 g/mol. The second kappa shape index (κ2) is 5.70. The molecule has 1 fully saturated rings. The van der Waals surface area contributed by atoms with Crippen molar-refractivity contribution in [3.05, 3.63) is 23.4 Å². The number of anilines is 1. The number of hydrogen-bond donors (Lipinski definition) is 1. The first-order chi connectivity index (χ1) is 8.63. The predicted molar refractivity (Wildman–Crippen MR) is 76.7 cm³/mol. The maximum atomic E-state index is 5.88. The molecular weight excluding hydrogens is 222 g/mol. The summed E-state index contributed by atoms with van der Waals surface area (Å²) >= 11 is 0. The van der Waals surface area contributed by atoms with Gasteiger partial charge in [0.2, 0.25) is 0 Å². The van der Waals surface area contributed by atoms with Gasteiger partial charge in [0.15, 0.2) is 0 Å². The van der Waals surface area contributed by atoms with Crippen LogP contribution in [0.1, 0.15) is 43.7 Å². The lowest BCUT2D eigenvalue weighted by Gasteiger charge is -2.36. The van der Waals surface area contributed by atoms with E-state index in [1.807, 2.05) is 12.3 Å². The Balaban J connectivity index is 2.22. The van der Waals surface area contributed by atoms with Gasteiger partial charge >= 0.3 is 0 Å². The van der Waals surface area contributed by atoms with E-state index in [1.165, 1.54) is 36.8 Å². The van der Waals surface area contributed by atoms with Crippen LogP contribution < -0.4 is 10.6 Å². The van der Waals surface area contributed by atoms with E-state index in [2.05, 4.69) is 30.8 Å². The van der Waals surface area contributed by atoms with Crippen molar-refractivity contribution in [2.75, 3.05) is 11.9 Å². The highest BCUT2D eigenvalue weighted by Crippen LogP contribution is 2.30. The smallest absolute Gasteiger partial charge is 0.133 e. The zero-order chi connectivity index (χ0) is 13.1. The van der Waals surface area contributed by atoms with E-state index in [-0.39, 0.29) is 0 Å². The van der Waals surface area contributed by atoms with E-state index in [0.29, 0.717) is 12.6 Å². The van der Waals surface area contributed by atoms with Gasteiger partial charge in [-0.2, -0.15) is 0 Å². The van der Waals surface area contributed by atoms with E-state index in [0.717, 1.165) is 11.7 Å². The molecule has 18 heavy (non-hydrogen) atoms. The summed E-state index contributed by atoms with van der Waals surface area (Å²) in [5, 5.41) is 0. The molecule has 0 radical (unpaired) electrons. The minimum Gasteiger partial charge on any atom is -0.356 e. The molecule has 3 heteroatoms. The van der Waals surface area contributed by atoms with Gasteiger partial charge in [0.25, 0.3) is 0 Å². The zero-order valence-corrected chi connectivity index (χ0v) is 11.8. The molecule has 1 heterocycles. The molecule has 2 atom stereocenters. The van der Waals surface area contributed by atoms with E-state index in [9.17, 15) is 0 Å². The van der Waals surface area contributed by atoms with E-state index >= 15 is 0 Å². The monoisotopic (exact) mass is 247 g/mol. The first kappa shape index (κ1) is 13.3. The molecule has 2 unspecified atom stereocenters. The highest BCUT2D eigenvalue weighted by Gasteiger charge is 2.24. The lowest BCUT2D eigenvalue weighted by Crippen LogP contribution is -2.37. The third kappa shape index (κ3) is 2.66. The molecule has 0 aliphatic heterocycles. The number of pyridine rings is 1. The fraction of sp³-hybridized carbons (Fsp3) is 0.667. The summed E-state index contributed by atoms with van der Waals surface area (Å²) in [6.07, 6.45) is 7.15. The van der Waals surface area contributed by atoms with Crippen LogP contribution in [0.5, 0.6) is 0 Å². The van der Waals surface area contributed by atoms with Gasteiger partial charge in [-0.1, -0.05) is 19.8 Å². The van der Waals surface area contributed by atoms with Crippen molar-refractivity contribution in [1.29, 1.82) is 0 Å². The first-order valence-electron chi connectivity index (χ1n) is 7.00. The number of hydrogen-bond acceptors (Lipinski definition) is 3. The summed E-state index contributed by atoms with van der Waals surface area (Å²) in [6.45, 7) is 5.04. The van der Waals surface area contributed by atoms with Crippen LogP contribution in [0.2, 0.25) is 0 Å². The van der Waals surface area contributed by atoms with Gasteiger partial charge in [0.1, 0.15) is 5.82 Å². The summed E-state index contributed by atoms with van der Waals surface area (Å²) < 4.78 is 0. The van der Waals surface area contributed by atoms with Gasteiger partial charge in [-0.05, 0) is 37.3 Å². The van der Waals surface area contributed by atoms with Crippen LogP contribution in [-0.2, 0) is 6.54 Å². The molecule has 1 aromatic rings. The van der Waals surface area contributed by atoms with Crippen molar-refractivity contribution in [2.45, 2.75) is 52.1 Å². The van der Waals surface area contributed by atoms with Gasteiger partial charge in [-0.3, -0.25) is 0 Å². The van der Waals surface area contributed by atoms with E-state index in [1.54, 1.807) is 0 Å². The number of nitrogens with zero attached hydrogens (tertiary/aromatic N) is 2. The minimum atomic E-state index is 0.571. The molecule has 3 nitrogen and oxygen atoms in total. The van der Waals surface area contributed by atoms with Crippen LogP contribution in [0.25, 0.3) is 0 Å². The van der Waals surface area contributed by atoms with E-state index in [4.69, 9.17) is 5.73 Å². The topological polar surface area (TPSA) is 42.2 Å². The number of nitrogens with two attached hydrogens (primary N) is 1. The van der Waals surface area contributed by atoms with Crippen LogP contribution in [0.15, 0.2) is 12.3 Å². The third-order valence-corrected chi connectivity index (χ3v) is 4.26. The molecule has 100 valence electrons. The van der Waals surface area contributed by atoms with Crippen molar-refractivity contribution in [1.82, 2.24) is 4.98 Å². The van der Waals surface area contributed by atoms with Gasteiger partial charge < -0.3 is 10.6 Å². The lowest BCUT2D eigenvalue weighted by atomic mass is 9.86. The molecule has 0 amide bonds. The highest BCUT2D eigenvalue weighted by atomic mass is 15.2. The Bertz CT molecular complexity index is 403. The minimum absolute atomic E-state index is 0.571. The van der Waals surface area contributed by atoms with Crippen LogP contribution in [-0.4, -0.2) is 18.1 Å². The molecule has 0 bridgehead atoms. The molecule has 0 aromatic carbocycles. The molecule has 1 aliphatic rings. The number of rotatable bonds is 3. The molecule has 1 aromatic heterocycles. The maximum Gasteiger partial charge on any atom is 0.133 e. The van der Waals surface area contributed by atoms with Crippen molar-refractivity contribution in [3.8, 4) is 0 Å². The van der Waals surface area contributed by atoms with Crippen LogP contribution >= 0.6 is 0 Å². The molecule has 0 saturated heterocycles. The Morgan fingerprint density at radius 1 is 1.44 bits per heavy atom. The number of aryl methyl sites for hydroxylation is 1. The fourth-order valence-corrected chi connectivity index (χ4v) is 3.06. The molecule has 1 aliphatic carbocycles. The van der Waals surface area contributed by atoms with Crippen molar-refractivity contribution in [2.24, 2.45) is 11.7 Å². The van der Waals surface area contributed by atoms with Crippen molar-refractivity contribution >= 4 is 5.82 Å². The van der Waals surface area contributed by atoms with Crippen molar-refractivity contribution < 1.29 is 0 Å². The summed E-state index contributed by atoms with van der Waals surface area (Å²) in [6, 6.07) is 2.66. The summed E-state index contributed by atoms with van der Waals surface area (Å²) in [7, 11) is 2.17. The summed E-state index contributed by atoms with van der Waals surface area (Å²) in [5.74, 6) is 1.91. The SMILES string of the molecule is Cc1ccnc(N(C)C2CCCC(C)C2)c1CN. The molecule has 1 saturated carbocycles. The second-order valence-electron chi connectivity index (χ2n) is 5.67. The zero-order valence-electron chi connectivity index (χ0n) is 11.8. The van der Waals surface area contributed by atoms with Crippen LogP contribution in [0.3, 0.4) is 0 Å². The third-order valence-electron chi connectivity index (χ3n) is 4.26. The quantitative estimate of drug-likeness (QED) is 0.893. The summed E-state index contributed by atoms with van der Waals surface area (Å²) in [5.41, 5.74) is 8.32. The van der Waals surface area contributed by atoms with Gasteiger partial charge in [-0.25, -0.2) is 4.98 Å². The van der Waals surface area contributed by atoms with Crippen LogP contribution in [0, 0.1) is 12.8 Å². The van der Waals surface area contributed by atoms with Gasteiger partial charge in [-0.15, -0.1) is 0 Å².